The molecule has 0 aliphatic heterocycles. The van der Waals surface area contributed by atoms with Gasteiger partial charge in [-0.15, -0.1) is 0 Å². The number of benzene rings is 1. The number of carboxylic acid groups (broad SMARTS) is 1. The smallest absolute Gasteiger partial charge is 0.319 e. The fraction of sp³-hybridized carbons (Fsp3) is 0.429. The Labute approximate surface area is 118 Å². The predicted molar refractivity (Wildman–Crippen MR) is 78.0 cm³/mol. The number of hydrogen-bond acceptors (Lipinski definition) is 3. The van der Waals surface area contributed by atoms with Crippen molar-refractivity contribution in [1.82, 2.24) is 10.6 Å². The van der Waals surface area contributed by atoms with E-state index in [4.69, 9.17) is 5.11 Å². The molecule has 0 spiro atoms. The molecule has 4 N–H and O–H groups in total. The zero-order chi connectivity index (χ0) is 14.8. The lowest BCUT2D eigenvalue weighted by Gasteiger charge is -2.08. The monoisotopic (exact) mass is 279 g/mol. The fourth-order valence-corrected chi connectivity index (χ4v) is 1.65. The second-order valence-corrected chi connectivity index (χ2v) is 4.43. The lowest BCUT2D eigenvalue weighted by atomic mass is 10.1. The van der Waals surface area contributed by atoms with Crippen molar-refractivity contribution in [2.75, 3.05) is 25.5 Å². The van der Waals surface area contributed by atoms with Crippen molar-refractivity contribution in [3.05, 3.63) is 29.8 Å². The number of carboxylic acids is 1. The van der Waals surface area contributed by atoms with E-state index in [0.29, 0.717) is 18.7 Å². The van der Waals surface area contributed by atoms with Crippen molar-refractivity contribution in [3.63, 3.8) is 0 Å². The van der Waals surface area contributed by atoms with Gasteiger partial charge in [0, 0.05) is 18.7 Å². The Morgan fingerprint density at radius 1 is 1.15 bits per heavy atom. The van der Waals surface area contributed by atoms with E-state index in [1.807, 2.05) is 19.2 Å². The molecule has 1 aromatic rings. The Morgan fingerprint density at radius 3 is 2.45 bits per heavy atom. The van der Waals surface area contributed by atoms with E-state index in [-0.39, 0.29) is 12.5 Å². The predicted octanol–water partition coefficient (Wildman–Crippen LogP) is 1.43. The van der Waals surface area contributed by atoms with Gasteiger partial charge in [0.15, 0.2) is 0 Å². The molecule has 0 fully saturated rings. The van der Waals surface area contributed by atoms with Gasteiger partial charge in [0.2, 0.25) is 0 Å². The van der Waals surface area contributed by atoms with Crippen LogP contribution in [0, 0.1) is 0 Å². The summed E-state index contributed by atoms with van der Waals surface area (Å²) >= 11 is 0. The van der Waals surface area contributed by atoms with Crippen LogP contribution in [0.3, 0.4) is 0 Å². The number of rotatable bonds is 8. The summed E-state index contributed by atoms with van der Waals surface area (Å²) in [6.45, 7) is 1.47. The first-order valence-corrected chi connectivity index (χ1v) is 6.62. The second kappa shape index (κ2) is 8.92. The Morgan fingerprint density at radius 2 is 1.85 bits per heavy atom. The van der Waals surface area contributed by atoms with E-state index in [1.54, 1.807) is 12.1 Å². The van der Waals surface area contributed by atoms with Gasteiger partial charge in [0.1, 0.15) is 0 Å². The Balaban J connectivity index is 2.33. The SMILES string of the molecule is CNCCCNC(=O)Nc1ccc(CCC(=O)O)cc1. The minimum absolute atomic E-state index is 0.110. The molecule has 0 atom stereocenters. The third-order valence-electron chi connectivity index (χ3n) is 2.73. The van der Waals surface area contributed by atoms with Crippen molar-refractivity contribution in [3.8, 4) is 0 Å². The summed E-state index contributed by atoms with van der Waals surface area (Å²) in [5, 5.41) is 17.1. The van der Waals surface area contributed by atoms with Crippen molar-refractivity contribution in [1.29, 1.82) is 0 Å². The van der Waals surface area contributed by atoms with Crippen LogP contribution in [0.5, 0.6) is 0 Å². The largest absolute Gasteiger partial charge is 0.481 e. The minimum atomic E-state index is -0.812. The Bertz CT molecular complexity index is 432. The van der Waals surface area contributed by atoms with Gasteiger partial charge in [0.05, 0.1) is 0 Å². The van der Waals surface area contributed by atoms with Gasteiger partial charge >= 0.3 is 12.0 Å². The van der Waals surface area contributed by atoms with E-state index in [1.165, 1.54) is 0 Å². The molecule has 0 unspecified atom stereocenters. The summed E-state index contributed by atoms with van der Waals surface area (Å²) < 4.78 is 0. The van der Waals surface area contributed by atoms with Gasteiger partial charge in [-0.2, -0.15) is 0 Å². The van der Waals surface area contributed by atoms with Gasteiger partial charge in [-0.25, -0.2) is 4.79 Å². The summed E-state index contributed by atoms with van der Waals surface area (Å²) in [7, 11) is 1.87. The van der Waals surface area contributed by atoms with Crippen LogP contribution in [0.15, 0.2) is 24.3 Å². The van der Waals surface area contributed by atoms with Crippen LogP contribution in [-0.4, -0.2) is 37.2 Å². The third-order valence-corrected chi connectivity index (χ3v) is 2.73. The average Bonchev–Trinajstić information content (AvgIpc) is 2.43. The standard InChI is InChI=1S/C14H21N3O3/c1-15-9-2-10-16-14(20)17-12-6-3-11(4-7-12)5-8-13(18)19/h3-4,6-7,15H,2,5,8-10H2,1H3,(H,18,19)(H2,16,17,20). The number of anilines is 1. The van der Waals surface area contributed by atoms with E-state index in [0.717, 1.165) is 18.5 Å². The number of hydrogen-bond donors (Lipinski definition) is 4. The summed E-state index contributed by atoms with van der Waals surface area (Å²) in [5.74, 6) is -0.812. The van der Waals surface area contributed by atoms with Crippen molar-refractivity contribution < 1.29 is 14.7 Å². The number of nitrogens with one attached hydrogen (secondary N) is 3. The van der Waals surface area contributed by atoms with Crippen LogP contribution in [0.4, 0.5) is 10.5 Å². The van der Waals surface area contributed by atoms with Crippen LogP contribution in [0.25, 0.3) is 0 Å². The summed E-state index contributed by atoms with van der Waals surface area (Å²) in [4.78, 5) is 22.0. The van der Waals surface area contributed by atoms with Crippen LogP contribution in [0.2, 0.25) is 0 Å². The van der Waals surface area contributed by atoms with E-state index < -0.39 is 5.97 Å². The quantitative estimate of drug-likeness (QED) is 0.542. The van der Waals surface area contributed by atoms with Crippen molar-refractivity contribution in [2.24, 2.45) is 0 Å². The number of aryl methyl sites for hydroxylation is 1. The van der Waals surface area contributed by atoms with Crippen LogP contribution in [0.1, 0.15) is 18.4 Å². The first-order chi connectivity index (χ1) is 9.61. The molecule has 0 bridgehead atoms. The molecule has 0 aliphatic carbocycles. The highest BCUT2D eigenvalue weighted by atomic mass is 16.4. The molecule has 0 saturated carbocycles. The number of carbonyl (C=O) groups excluding carboxylic acids is 1. The first-order valence-electron chi connectivity index (χ1n) is 6.62. The highest BCUT2D eigenvalue weighted by Crippen LogP contribution is 2.10. The van der Waals surface area contributed by atoms with Crippen molar-refractivity contribution in [2.45, 2.75) is 19.3 Å². The van der Waals surface area contributed by atoms with Gasteiger partial charge in [-0.05, 0) is 44.1 Å². The maximum absolute atomic E-state index is 11.6. The normalized spacial score (nSPS) is 10.1. The molecular weight excluding hydrogens is 258 g/mol. The van der Waals surface area contributed by atoms with E-state index >= 15 is 0 Å². The first kappa shape index (κ1) is 16.0. The molecule has 0 saturated heterocycles. The molecule has 6 heteroatoms. The molecule has 1 rings (SSSR count). The van der Waals surface area contributed by atoms with Gasteiger partial charge < -0.3 is 21.1 Å². The van der Waals surface area contributed by atoms with Gasteiger partial charge in [-0.1, -0.05) is 12.1 Å². The molecule has 0 radical (unpaired) electrons. The summed E-state index contributed by atoms with van der Waals surface area (Å²) in [5.41, 5.74) is 1.63. The zero-order valence-electron chi connectivity index (χ0n) is 11.6. The molecule has 2 amide bonds. The second-order valence-electron chi connectivity index (χ2n) is 4.43. The molecule has 110 valence electrons. The van der Waals surface area contributed by atoms with Crippen LogP contribution in [-0.2, 0) is 11.2 Å². The highest BCUT2D eigenvalue weighted by Gasteiger charge is 2.02. The summed E-state index contributed by atoms with van der Waals surface area (Å²) in [6, 6.07) is 6.94. The maximum Gasteiger partial charge on any atom is 0.319 e. The Kier molecular flexibility index (Phi) is 7.13. The minimum Gasteiger partial charge on any atom is -0.481 e. The lowest BCUT2D eigenvalue weighted by molar-refractivity contribution is -0.136. The lowest BCUT2D eigenvalue weighted by Crippen LogP contribution is -2.30. The van der Waals surface area contributed by atoms with E-state index in [2.05, 4.69) is 16.0 Å². The number of aliphatic carboxylic acids is 1. The van der Waals surface area contributed by atoms with Gasteiger partial charge in [0.25, 0.3) is 0 Å². The molecule has 20 heavy (non-hydrogen) atoms. The number of carbonyl (C=O) groups is 2. The van der Waals surface area contributed by atoms with Gasteiger partial charge in [-0.3, -0.25) is 4.79 Å². The maximum atomic E-state index is 11.6. The summed E-state index contributed by atoms with van der Waals surface area (Å²) in [6.07, 6.45) is 1.47. The Hall–Kier alpha value is -2.08. The highest BCUT2D eigenvalue weighted by molar-refractivity contribution is 5.89. The molecule has 1 aromatic carbocycles. The molecule has 6 nitrogen and oxygen atoms in total. The average molecular weight is 279 g/mol. The van der Waals surface area contributed by atoms with Crippen LogP contribution >= 0.6 is 0 Å². The number of amides is 2. The molecule has 0 aromatic heterocycles. The molecule has 0 aliphatic rings. The van der Waals surface area contributed by atoms with E-state index in [9.17, 15) is 9.59 Å². The van der Waals surface area contributed by atoms with Crippen molar-refractivity contribution >= 4 is 17.7 Å². The third kappa shape index (κ3) is 6.75. The van der Waals surface area contributed by atoms with Crippen LogP contribution < -0.4 is 16.0 Å². The molecular formula is C14H21N3O3. The fourth-order valence-electron chi connectivity index (χ4n) is 1.65. The topological polar surface area (TPSA) is 90.5 Å². The zero-order valence-corrected chi connectivity index (χ0v) is 11.6. The number of urea groups is 1. The molecule has 0 heterocycles.